The molecule has 0 radical (unpaired) electrons. The van der Waals surface area contributed by atoms with E-state index in [0.717, 1.165) is 24.0 Å². The average molecular weight is 252 g/mol. The van der Waals surface area contributed by atoms with Crippen molar-refractivity contribution >= 4 is 0 Å². The molecule has 0 unspecified atom stereocenters. The largest absolute Gasteiger partial charge is 0.207 e. The summed E-state index contributed by atoms with van der Waals surface area (Å²) in [7, 11) is 0. The summed E-state index contributed by atoms with van der Waals surface area (Å²) in [6.07, 6.45) is 5.43. The van der Waals surface area contributed by atoms with Crippen molar-refractivity contribution in [2.45, 2.75) is 12.8 Å². The number of allylic oxidation sites excluding steroid dienone is 2. The summed E-state index contributed by atoms with van der Waals surface area (Å²) in [5, 5.41) is 0. The maximum absolute atomic E-state index is 13.0. The molecule has 19 heavy (non-hydrogen) atoms. The molecule has 0 spiro atoms. The molecule has 1 heteroatoms. The molecule has 0 fully saturated rings. The van der Waals surface area contributed by atoms with E-state index in [9.17, 15) is 4.39 Å². The zero-order valence-corrected chi connectivity index (χ0v) is 10.9. The van der Waals surface area contributed by atoms with Crippen molar-refractivity contribution in [1.82, 2.24) is 0 Å². The first kappa shape index (κ1) is 13.3. The Hall–Kier alpha value is -2.15. The van der Waals surface area contributed by atoms with E-state index in [1.54, 1.807) is 0 Å². The maximum atomic E-state index is 13.0. The van der Waals surface area contributed by atoms with Crippen LogP contribution in [0.15, 0.2) is 67.8 Å². The summed E-state index contributed by atoms with van der Waals surface area (Å²) >= 11 is 0. The van der Waals surface area contributed by atoms with Gasteiger partial charge < -0.3 is 0 Å². The van der Waals surface area contributed by atoms with E-state index in [4.69, 9.17) is 0 Å². The SMILES string of the molecule is C=CCc1cccc(-c2ccc(F)cc2)c1CC=C. The minimum atomic E-state index is -0.212. The highest BCUT2D eigenvalue weighted by atomic mass is 19.1. The first-order valence-corrected chi connectivity index (χ1v) is 6.34. The van der Waals surface area contributed by atoms with Gasteiger partial charge in [-0.2, -0.15) is 0 Å². The van der Waals surface area contributed by atoms with Gasteiger partial charge >= 0.3 is 0 Å². The van der Waals surface area contributed by atoms with Gasteiger partial charge in [0.2, 0.25) is 0 Å². The van der Waals surface area contributed by atoms with Crippen LogP contribution in [0.5, 0.6) is 0 Å². The molecular weight excluding hydrogens is 235 g/mol. The quantitative estimate of drug-likeness (QED) is 0.660. The summed E-state index contributed by atoms with van der Waals surface area (Å²) in [5.74, 6) is -0.212. The fraction of sp³-hybridized carbons (Fsp3) is 0.111. The van der Waals surface area contributed by atoms with Gasteiger partial charge in [-0.25, -0.2) is 4.39 Å². The topological polar surface area (TPSA) is 0 Å². The molecule has 2 rings (SSSR count). The fourth-order valence-electron chi connectivity index (χ4n) is 2.27. The van der Waals surface area contributed by atoms with Crippen LogP contribution in [0, 0.1) is 5.82 Å². The third kappa shape index (κ3) is 3.00. The lowest BCUT2D eigenvalue weighted by atomic mass is 9.92. The molecule has 2 aromatic carbocycles. The van der Waals surface area contributed by atoms with Gasteiger partial charge in [0, 0.05) is 0 Å². The monoisotopic (exact) mass is 252 g/mol. The van der Waals surface area contributed by atoms with E-state index in [1.807, 2.05) is 30.4 Å². The lowest BCUT2D eigenvalue weighted by Gasteiger charge is -2.13. The molecule has 0 saturated heterocycles. The van der Waals surface area contributed by atoms with Crippen LogP contribution in [0.25, 0.3) is 11.1 Å². The Labute approximate surface area is 113 Å². The molecule has 0 aliphatic carbocycles. The van der Waals surface area contributed by atoms with Crippen molar-refractivity contribution in [3.05, 3.63) is 84.7 Å². The smallest absolute Gasteiger partial charge is 0.123 e. The van der Waals surface area contributed by atoms with E-state index in [1.165, 1.54) is 23.3 Å². The number of hydrogen-bond donors (Lipinski definition) is 0. The molecule has 0 saturated carbocycles. The number of benzene rings is 2. The van der Waals surface area contributed by atoms with E-state index in [-0.39, 0.29) is 5.82 Å². The molecule has 0 bridgehead atoms. The van der Waals surface area contributed by atoms with Gasteiger partial charge in [0.15, 0.2) is 0 Å². The molecule has 0 heterocycles. The van der Waals surface area contributed by atoms with Crippen molar-refractivity contribution in [3.63, 3.8) is 0 Å². The predicted molar refractivity (Wildman–Crippen MR) is 79.6 cm³/mol. The van der Waals surface area contributed by atoms with Gasteiger partial charge in [-0.15, -0.1) is 13.2 Å². The van der Waals surface area contributed by atoms with Crippen LogP contribution < -0.4 is 0 Å². The van der Waals surface area contributed by atoms with Gasteiger partial charge in [0.25, 0.3) is 0 Å². The van der Waals surface area contributed by atoms with Crippen LogP contribution in [0.2, 0.25) is 0 Å². The van der Waals surface area contributed by atoms with Crippen LogP contribution >= 0.6 is 0 Å². The Morgan fingerprint density at radius 3 is 2.21 bits per heavy atom. The summed E-state index contributed by atoms with van der Waals surface area (Å²) in [6, 6.07) is 12.8. The van der Waals surface area contributed by atoms with Crippen molar-refractivity contribution in [2.24, 2.45) is 0 Å². The van der Waals surface area contributed by atoms with Gasteiger partial charge in [0.05, 0.1) is 0 Å². The highest BCUT2D eigenvalue weighted by Crippen LogP contribution is 2.27. The Bertz CT molecular complexity index is 579. The molecule has 2 aromatic rings. The van der Waals surface area contributed by atoms with Gasteiger partial charge in [0.1, 0.15) is 5.82 Å². The van der Waals surface area contributed by atoms with E-state index in [0.29, 0.717) is 0 Å². The molecule has 0 atom stereocenters. The average Bonchev–Trinajstić information content (AvgIpc) is 2.42. The third-order valence-corrected chi connectivity index (χ3v) is 3.14. The second-order valence-electron chi connectivity index (χ2n) is 4.44. The second kappa shape index (κ2) is 6.14. The molecule has 0 aliphatic heterocycles. The van der Waals surface area contributed by atoms with Crippen LogP contribution in [0.3, 0.4) is 0 Å². The molecule has 0 amide bonds. The number of hydrogen-bond acceptors (Lipinski definition) is 0. The Morgan fingerprint density at radius 2 is 1.58 bits per heavy atom. The van der Waals surface area contributed by atoms with E-state index < -0.39 is 0 Å². The zero-order valence-electron chi connectivity index (χ0n) is 10.9. The van der Waals surface area contributed by atoms with Crippen LogP contribution in [-0.2, 0) is 12.8 Å². The van der Waals surface area contributed by atoms with Crippen LogP contribution in [0.1, 0.15) is 11.1 Å². The normalized spacial score (nSPS) is 10.2. The van der Waals surface area contributed by atoms with Crippen molar-refractivity contribution in [2.75, 3.05) is 0 Å². The lowest BCUT2D eigenvalue weighted by Crippen LogP contribution is -1.95. The third-order valence-electron chi connectivity index (χ3n) is 3.14. The van der Waals surface area contributed by atoms with Gasteiger partial charge in [-0.05, 0) is 47.2 Å². The number of halogens is 1. The Kier molecular flexibility index (Phi) is 4.30. The van der Waals surface area contributed by atoms with E-state index in [2.05, 4.69) is 25.3 Å². The first-order valence-electron chi connectivity index (χ1n) is 6.34. The standard InChI is InChI=1S/C18H17F/c1-3-6-14-8-5-9-18(17(14)7-4-2)15-10-12-16(19)13-11-15/h3-5,8-13H,1-2,6-7H2. The second-order valence-corrected chi connectivity index (χ2v) is 4.44. The summed E-state index contributed by atoms with van der Waals surface area (Å²) in [5.41, 5.74) is 4.66. The minimum absolute atomic E-state index is 0.212. The first-order chi connectivity index (χ1) is 9.26. The fourth-order valence-corrected chi connectivity index (χ4v) is 2.27. The summed E-state index contributed by atoms with van der Waals surface area (Å²) < 4.78 is 13.0. The summed E-state index contributed by atoms with van der Waals surface area (Å²) in [4.78, 5) is 0. The lowest BCUT2D eigenvalue weighted by molar-refractivity contribution is 0.628. The Morgan fingerprint density at radius 1 is 0.895 bits per heavy atom. The van der Waals surface area contributed by atoms with Crippen LogP contribution in [0.4, 0.5) is 4.39 Å². The molecule has 0 aromatic heterocycles. The van der Waals surface area contributed by atoms with Gasteiger partial charge in [-0.3, -0.25) is 0 Å². The number of rotatable bonds is 5. The maximum Gasteiger partial charge on any atom is 0.123 e. The zero-order chi connectivity index (χ0) is 13.7. The molecule has 96 valence electrons. The minimum Gasteiger partial charge on any atom is -0.207 e. The predicted octanol–water partition coefficient (Wildman–Crippen LogP) is 4.95. The van der Waals surface area contributed by atoms with Crippen molar-refractivity contribution in [1.29, 1.82) is 0 Å². The van der Waals surface area contributed by atoms with Crippen molar-refractivity contribution in [3.8, 4) is 11.1 Å². The molecule has 0 aliphatic rings. The van der Waals surface area contributed by atoms with Gasteiger partial charge in [-0.1, -0.05) is 42.5 Å². The Balaban J connectivity index is 2.54. The highest BCUT2D eigenvalue weighted by molar-refractivity contribution is 5.69. The molecular formula is C18H17F. The van der Waals surface area contributed by atoms with E-state index >= 15 is 0 Å². The molecule has 0 nitrogen and oxygen atoms in total. The van der Waals surface area contributed by atoms with Crippen LogP contribution in [-0.4, -0.2) is 0 Å². The van der Waals surface area contributed by atoms with Crippen molar-refractivity contribution < 1.29 is 4.39 Å². The highest BCUT2D eigenvalue weighted by Gasteiger charge is 2.08. The summed E-state index contributed by atoms with van der Waals surface area (Å²) in [6.45, 7) is 7.62. The molecule has 0 N–H and O–H groups in total.